The molecule has 0 saturated heterocycles. The smallest absolute Gasteiger partial charge is 0.122 e. The predicted molar refractivity (Wildman–Crippen MR) is 55.4 cm³/mol. The SMILES string of the molecule is CC(C)CNC(C#N)c1cccnc1. The van der Waals surface area contributed by atoms with Crippen molar-refractivity contribution >= 4 is 0 Å². The van der Waals surface area contributed by atoms with Crippen LogP contribution in [-0.2, 0) is 0 Å². The van der Waals surface area contributed by atoms with E-state index < -0.39 is 0 Å². The summed E-state index contributed by atoms with van der Waals surface area (Å²) in [6.07, 6.45) is 3.43. The monoisotopic (exact) mass is 189 g/mol. The average molecular weight is 189 g/mol. The average Bonchev–Trinajstić information content (AvgIpc) is 2.20. The first-order valence-electron chi connectivity index (χ1n) is 4.77. The normalized spacial score (nSPS) is 12.4. The fraction of sp³-hybridized carbons (Fsp3) is 0.455. The van der Waals surface area contributed by atoms with E-state index in [2.05, 4.69) is 30.2 Å². The summed E-state index contributed by atoms with van der Waals surface area (Å²) >= 11 is 0. The van der Waals surface area contributed by atoms with E-state index in [9.17, 15) is 0 Å². The standard InChI is InChI=1S/C11H15N3/c1-9(2)7-14-11(6-12)10-4-3-5-13-8-10/h3-5,8-9,11,14H,7H2,1-2H3. The lowest BCUT2D eigenvalue weighted by Crippen LogP contribution is -2.24. The van der Waals surface area contributed by atoms with Crippen molar-refractivity contribution in [2.24, 2.45) is 5.92 Å². The molecule has 14 heavy (non-hydrogen) atoms. The van der Waals surface area contributed by atoms with E-state index in [1.807, 2.05) is 12.1 Å². The molecule has 0 spiro atoms. The van der Waals surface area contributed by atoms with Crippen LogP contribution in [-0.4, -0.2) is 11.5 Å². The molecule has 0 aliphatic carbocycles. The molecule has 1 N–H and O–H groups in total. The van der Waals surface area contributed by atoms with Gasteiger partial charge in [-0.2, -0.15) is 5.26 Å². The van der Waals surface area contributed by atoms with Gasteiger partial charge >= 0.3 is 0 Å². The summed E-state index contributed by atoms with van der Waals surface area (Å²) in [7, 11) is 0. The van der Waals surface area contributed by atoms with Gasteiger partial charge in [-0.05, 0) is 18.5 Å². The summed E-state index contributed by atoms with van der Waals surface area (Å²) in [5.74, 6) is 0.544. The van der Waals surface area contributed by atoms with E-state index in [1.54, 1.807) is 12.4 Å². The van der Waals surface area contributed by atoms with Gasteiger partial charge in [-0.1, -0.05) is 19.9 Å². The van der Waals surface area contributed by atoms with Crippen molar-refractivity contribution in [1.29, 1.82) is 5.26 Å². The van der Waals surface area contributed by atoms with Gasteiger partial charge in [-0.15, -0.1) is 0 Å². The Morgan fingerprint density at radius 3 is 2.86 bits per heavy atom. The van der Waals surface area contributed by atoms with Crippen molar-refractivity contribution in [1.82, 2.24) is 10.3 Å². The molecule has 1 unspecified atom stereocenters. The summed E-state index contributed by atoms with van der Waals surface area (Å²) in [4.78, 5) is 3.99. The third-order valence-corrected chi connectivity index (χ3v) is 1.88. The molecule has 74 valence electrons. The minimum Gasteiger partial charge on any atom is -0.298 e. The lowest BCUT2D eigenvalue weighted by molar-refractivity contribution is 0.524. The predicted octanol–water partition coefficient (Wildman–Crippen LogP) is 1.89. The Balaban J connectivity index is 2.60. The second-order valence-corrected chi connectivity index (χ2v) is 3.65. The van der Waals surface area contributed by atoms with Crippen LogP contribution < -0.4 is 5.32 Å². The largest absolute Gasteiger partial charge is 0.298 e. The zero-order valence-corrected chi connectivity index (χ0v) is 8.57. The number of hydrogen-bond donors (Lipinski definition) is 1. The Hall–Kier alpha value is -1.40. The van der Waals surface area contributed by atoms with Crippen molar-refractivity contribution in [3.05, 3.63) is 30.1 Å². The molecule has 1 aromatic heterocycles. The molecule has 1 rings (SSSR count). The van der Waals surface area contributed by atoms with Crippen molar-refractivity contribution < 1.29 is 0 Å². The van der Waals surface area contributed by atoms with E-state index in [0.717, 1.165) is 12.1 Å². The van der Waals surface area contributed by atoms with E-state index in [4.69, 9.17) is 5.26 Å². The number of aromatic nitrogens is 1. The third kappa shape index (κ3) is 3.15. The molecule has 0 aliphatic heterocycles. The van der Waals surface area contributed by atoms with Crippen LogP contribution in [0.1, 0.15) is 25.5 Å². The lowest BCUT2D eigenvalue weighted by Gasteiger charge is -2.12. The summed E-state index contributed by atoms with van der Waals surface area (Å²) in [5.41, 5.74) is 0.927. The van der Waals surface area contributed by atoms with Crippen molar-refractivity contribution in [2.75, 3.05) is 6.54 Å². The topological polar surface area (TPSA) is 48.7 Å². The van der Waals surface area contributed by atoms with E-state index in [0.29, 0.717) is 5.92 Å². The molecule has 0 amide bonds. The highest BCUT2D eigenvalue weighted by atomic mass is 14.9. The Kier molecular flexibility index (Phi) is 4.09. The molecule has 0 radical (unpaired) electrons. The molecule has 0 saturated carbocycles. The van der Waals surface area contributed by atoms with Gasteiger partial charge in [0.2, 0.25) is 0 Å². The van der Waals surface area contributed by atoms with Crippen LogP contribution in [0.25, 0.3) is 0 Å². The zero-order chi connectivity index (χ0) is 10.4. The molecule has 3 heteroatoms. The summed E-state index contributed by atoms with van der Waals surface area (Å²) in [6.45, 7) is 5.07. The maximum atomic E-state index is 8.95. The Morgan fingerprint density at radius 2 is 2.36 bits per heavy atom. The van der Waals surface area contributed by atoms with Crippen LogP contribution in [0.3, 0.4) is 0 Å². The first-order chi connectivity index (χ1) is 6.74. The van der Waals surface area contributed by atoms with Crippen molar-refractivity contribution in [3.8, 4) is 6.07 Å². The van der Waals surface area contributed by atoms with Gasteiger partial charge in [-0.3, -0.25) is 10.3 Å². The van der Waals surface area contributed by atoms with Crippen LogP contribution in [0.4, 0.5) is 0 Å². The molecule has 0 bridgehead atoms. The maximum Gasteiger partial charge on any atom is 0.122 e. The molecular weight excluding hydrogens is 174 g/mol. The van der Waals surface area contributed by atoms with Crippen LogP contribution in [0.15, 0.2) is 24.5 Å². The minimum atomic E-state index is -0.244. The van der Waals surface area contributed by atoms with Crippen LogP contribution in [0.5, 0.6) is 0 Å². The first-order valence-corrected chi connectivity index (χ1v) is 4.77. The fourth-order valence-corrected chi connectivity index (χ4v) is 1.14. The number of nitrogens with one attached hydrogen (secondary N) is 1. The number of hydrogen-bond acceptors (Lipinski definition) is 3. The molecule has 1 heterocycles. The zero-order valence-electron chi connectivity index (χ0n) is 8.57. The van der Waals surface area contributed by atoms with E-state index >= 15 is 0 Å². The van der Waals surface area contributed by atoms with Crippen LogP contribution in [0.2, 0.25) is 0 Å². The molecule has 0 fully saturated rings. The summed E-state index contributed by atoms with van der Waals surface area (Å²) < 4.78 is 0. The van der Waals surface area contributed by atoms with Gasteiger partial charge in [0.1, 0.15) is 6.04 Å². The number of nitrogens with zero attached hydrogens (tertiary/aromatic N) is 2. The molecule has 0 aromatic carbocycles. The van der Waals surface area contributed by atoms with Crippen molar-refractivity contribution in [2.45, 2.75) is 19.9 Å². The van der Waals surface area contributed by atoms with Crippen LogP contribution >= 0.6 is 0 Å². The molecule has 3 nitrogen and oxygen atoms in total. The van der Waals surface area contributed by atoms with Crippen LogP contribution in [0, 0.1) is 17.2 Å². The van der Waals surface area contributed by atoms with Gasteiger partial charge in [0.05, 0.1) is 6.07 Å². The van der Waals surface area contributed by atoms with Gasteiger partial charge in [0.15, 0.2) is 0 Å². The quantitative estimate of drug-likeness (QED) is 0.786. The molecular formula is C11H15N3. The highest BCUT2D eigenvalue weighted by molar-refractivity contribution is 5.19. The van der Waals surface area contributed by atoms with Crippen molar-refractivity contribution in [3.63, 3.8) is 0 Å². The van der Waals surface area contributed by atoms with Gasteiger partial charge in [-0.25, -0.2) is 0 Å². The highest BCUT2D eigenvalue weighted by Gasteiger charge is 2.09. The Morgan fingerprint density at radius 1 is 1.57 bits per heavy atom. The summed E-state index contributed by atoms with van der Waals surface area (Å²) in [5, 5.41) is 12.1. The van der Waals surface area contributed by atoms with E-state index in [-0.39, 0.29) is 6.04 Å². The van der Waals surface area contributed by atoms with Gasteiger partial charge < -0.3 is 0 Å². The number of rotatable bonds is 4. The maximum absolute atomic E-state index is 8.95. The third-order valence-electron chi connectivity index (χ3n) is 1.88. The lowest BCUT2D eigenvalue weighted by atomic mass is 10.1. The van der Waals surface area contributed by atoms with Gasteiger partial charge in [0.25, 0.3) is 0 Å². The van der Waals surface area contributed by atoms with E-state index in [1.165, 1.54) is 0 Å². The Bertz CT molecular complexity index is 300. The highest BCUT2D eigenvalue weighted by Crippen LogP contribution is 2.09. The number of nitriles is 1. The molecule has 0 aliphatic rings. The molecule has 1 aromatic rings. The number of pyridine rings is 1. The second-order valence-electron chi connectivity index (χ2n) is 3.65. The Labute approximate surface area is 84.8 Å². The summed E-state index contributed by atoms with van der Waals surface area (Å²) in [6, 6.07) is 5.73. The second kappa shape index (κ2) is 5.36. The fourth-order valence-electron chi connectivity index (χ4n) is 1.14. The first kappa shape index (κ1) is 10.7. The van der Waals surface area contributed by atoms with Gasteiger partial charge in [0, 0.05) is 18.0 Å². The molecule has 1 atom stereocenters. The minimum absolute atomic E-state index is 0.244.